The van der Waals surface area contributed by atoms with Gasteiger partial charge < -0.3 is 15.4 Å². The van der Waals surface area contributed by atoms with Crippen molar-refractivity contribution in [2.75, 3.05) is 0 Å². The molecule has 0 amide bonds. The third-order valence-corrected chi connectivity index (χ3v) is 3.50. The van der Waals surface area contributed by atoms with Crippen LogP contribution < -0.4 is 15.9 Å². The highest BCUT2D eigenvalue weighted by molar-refractivity contribution is 6.08. The van der Waals surface area contributed by atoms with Crippen molar-refractivity contribution in [2.24, 2.45) is 0 Å². The van der Waals surface area contributed by atoms with Crippen LogP contribution in [-0.2, 0) is 11.2 Å². The number of nitrogens with one attached hydrogen (secondary N) is 2. The molecule has 4 rings (SSSR count). The Morgan fingerprint density at radius 3 is 3.06 bits per heavy atom. The minimum atomic E-state index is -0.955. The maximum absolute atomic E-state index is 11.3. The molecule has 1 aromatic carbocycles. The Morgan fingerprint density at radius 1 is 1.33 bits per heavy atom. The summed E-state index contributed by atoms with van der Waals surface area (Å²) in [4.78, 5) is 14.5. The number of allylic oxidation sites excluding steroid dienone is 1. The van der Waals surface area contributed by atoms with E-state index in [9.17, 15) is 9.90 Å². The summed E-state index contributed by atoms with van der Waals surface area (Å²) in [6, 6.07) is 4.12. The Hall–Kier alpha value is -2.49. The van der Waals surface area contributed by atoms with Crippen molar-refractivity contribution in [2.45, 2.75) is 6.42 Å². The number of hydrogen-bond acceptors (Lipinski definition) is 2. The van der Waals surface area contributed by atoms with Crippen molar-refractivity contribution in [3.05, 3.63) is 46.1 Å². The first-order chi connectivity index (χ1) is 8.75. The smallest absolute Gasteiger partial charge is 0.354 e. The van der Waals surface area contributed by atoms with E-state index in [0.717, 1.165) is 22.5 Å². The summed E-state index contributed by atoms with van der Waals surface area (Å²) in [5.41, 5.74) is 3.89. The van der Waals surface area contributed by atoms with Crippen molar-refractivity contribution in [3.8, 4) is 0 Å². The van der Waals surface area contributed by atoms with Gasteiger partial charge in [0, 0.05) is 22.3 Å². The van der Waals surface area contributed by atoms with E-state index >= 15 is 0 Å². The summed E-state index contributed by atoms with van der Waals surface area (Å²) in [5, 5.41) is 14.8. The zero-order valence-electron chi connectivity index (χ0n) is 9.45. The summed E-state index contributed by atoms with van der Waals surface area (Å²) in [7, 11) is 0. The molecule has 0 unspecified atom stereocenters. The SMILES string of the molecule is O=C(O)C1=c2[nH]c3ccc4c(c3c2=CC=CN1)C4. The fraction of sp³-hybridized carbons (Fsp3) is 0.0714. The zero-order chi connectivity index (χ0) is 12.3. The van der Waals surface area contributed by atoms with Gasteiger partial charge in [-0.05, 0) is 29.7 Å². The number of rotatable bonds is 1. The number of aliphatic carboxylic acids is 1. The van der Waals surface area contributed by atoms with Crippen LogP contribution in [0, 0.1) is 0 Å². The fourth-order valence-corrected chi connectivity index (χ4v) is 2.60. The number of fused-ring (bicyclic) bond motifs is 5. The summed E-state index contributed by atoms with van der Waals surface area (Å²) < 4.78 is 0. The lowest BCUT2D eigenvalue weighted by atomic mass is 10.2. The van der Waals surface area contributed by atoms with Gasteiger partial charge in [-0.25, -0.2) is 4.79 Å². The molecule has 2 heterocycles. The Balaban J connectivity index is 2.28. The number of aromatic nitrogens is 1. The van der Waals surface area contributed by atoms with Gasteiger partial charge in [-0.1, -0.05) is 12.1 Å². The number of carboxylic acids is 1. The van der Waals surface area contributed by atoms with Crippen LogP contribution in [0.1, 0.15) is 11.1 Å². The highest BCUT2D eigenvalue weighted by Gasteiger charge is 2.22. The van der Waals surface area contributed by atoms with Gasteiger partial charge in [-0.15, -0.1) is 0 Å². The second-order valence-electron chi connectivity index (χ2n) is 4.57. The molecular weight excluding hydrogens is 228 g/mol. The van der Waals surface area contributed by atoms with Crippen molar-refractivity contribution in [3.63, 3.8) is 0 Å². The summed E-state index contributed by atoms with van der Waals surface area (Å²) >= 11 is 0. The summed E-state index contributed by atoms with van der Waals surface area (Å²) in [6.07, 6.45) is 6.45. The predicted molar refractivity (Wildman–Crippen MR) is 68.1 cm³/mol. The van der Waals surface area contributed by atoms with E-state index in [-0.39, 0.29) is 5.70 Å². The Kier molecular flexibility index (Phi) is 1.61. The lowest BCUT2D eigenvalue weighted by Crippen LogP contribution is -2.32. The first-order valence-corrected chi connectivity index (χ1v) is 5.79. The van der Waals surface area contributed by atoms with Gasteiger partial charge in [-0.2, -0.15) is 0 Å². The fourth-order valence-electron chi connectivity index (χ4n) is 2.60. The van der Waals surface area contributed by atoms with Crippen LogP contribution in [0.15, 0.2) is 24.4 Å². The molecule has 88 valence electrons. The lowest BCUT2D eigenvalue weighted by molar-refractivity contribution is -0.130. The first-order valence-electron chi connectivity index (χ1n) is 5.79. The normalized spacial score (nSPS) is 15.4. The van der Waals surface area contributed by atoms with E-state index in [2.05, 4.69) is 16.4 Å². The van der Waals surface area contributed by atoms with Crippen LogP contribution in [0.5, 0.6) is 0 Å². The van der Waals surface area contributed by atoms with Crippen molar-refractivity contribution < 1.29 is 9.90 Å². The number of carbonyl (C=O) groups is 1. The minimum absolute atomic E-state index is 0.195. The third kappa shape index (κ3) is 1.12. The van der Waals surface area contributed by atoms with E-state index < -0.39 is 5.97 Å². The average Bonchev–Trinajstić information content (AvgIpc) is 3.08. The highest BCUT2D eigenvalue weighted by atomic mass is 16.4. The molecular formula is C14H10N2O2. The molecule has 0 atom stereocenters. The molecule has 1 aliphatic heterocycles. The predicted octanol–water partition coefficient (Wildman–Crippen LogP) is 0.162. The van der Waals surface area contributed by atoms with Gasteiger partial charge >= 0.3 is 5.97 Å². The number of carboxylic acid groups (broad SMARTS) is 1. The number of H-pyrrole nitrogens is 1. The molecule has 0 saturated heterocycles. The van der Waals surface area contributed by atoms with Gasteiger partial charge in [0.05, 0.1) is 5.35 Å². The Labute approximate surface area is 102 Å². The number of aromatic amines is 1. The number of benzene rings is 1. The second-order valence-corrected chi connectivity index (χ2v) is 4.57. The van der Waals surface area contributed by atoms with E-state index in [4.69, 9.17) is 0 Å². The molecule has 0 spiro atoms. The van der Waals surface area contributed by atoms with Gasteiger partial charge in [0.1, 0.15) is 5.70 Å². The standard InChI is InChI=1S/C14H10N2O2/c17-14(18)13-12-8(2-1-5-15-13)11-9-6-7(9)3-4-10(11)16-12/h1-5,15-16H,6H2,(H,17,18). The lowest BCUT2D eigenvalue weighted by Gasteiger charge is -1.97. The molecule has 2 aromatic rings. The Bertz CT molecular complexity index is 856. The van der Waals surface area contributed by atoms with E-state index in [1.165, 1.54) is 11.1 Å². The topological polar surface area (TPSA) is 65.1 Å². The average molecular weight is 238 g/mol. The van der Waals surface area contributed by atoms with Gasteiger partial charge in [-0.3, -0.25) is 0 Å². The third-order valence-electron chi connectivity index (χ3n) is 3.50. The highest BCUT2D eigenvalue weighted by Crippen LogP contribution is 2.32. The van der Waals surface area contributed by atoms with Crippen molar-refractivity contribution in [1.82, 2.24) is 10.3 Å². The molecule has 1 aliphatic carbocycles. The summed E-state index contributed by atoms with van der Waals surface area (Å²) in [5.74, 6) is -0.955. The van der Waals surface area contributed by atoms with Crippen molar-refractivity contribution >= 4 is 28.6 Å². The quantitative estimate of drug-likeness (QED) is 0.566. The van der Waals surface area contributed by atoms with Gasteiger partial charge in [0.2, 0.25) is 0 Å². The monoisotopic (exact) mass is 238 g/mol. The van der Waals surface area contributed by atoms with Crippen LogP contribution in [0.4, 0.5) is 0 Å². The molecule has 1 aromatic heterocycles. The van der Waals surface area contributed by atoms with Crippen LogP contribution in [0.2, 0.25) is 0 Å². The van der Waals surface area contributed by atoms with Crippen LogP contribution in [0.3, 0.4) is 0 Å². The number of hydrogen-bond donors (Lipinski definition) is 3. The first kappa shape index (κ1) is 9.53. The molecule has 0 bridgehead atoms. The zero-order valence-corrected chi connectivity index (χ0v) is 9.45. The molecule has 18 heavy (non-hydrogen) atoms. The second kappa shape index (κ2) is 3.04. The molecule has 0 radical (unpaired) electrons. The van der Waals surface area contributed by atoms with E-state index in [1.807, 2.05) is 18.2 Å². The molecule has 2 aliphatic rings. The minimum Gasteiger partial charge on any atom is -0.477 e. The van der Waals surface area contributed by atoms with E-state index in [1.54, 1.807) is 6.20 Å². The van der Waals surface area contributed by atoms with Crippen LogP contribution >= 0.6 is 0 Å². The maximum atomic E-state index is 11.3. The molecule has 0 saturated carbocycles. The van der Waals surface area contributed by atoms with Crippen molar-refractivity contribution in [1.29, 1.82) is 0 Å². The molecule has 4 heteroatoms. The largest absolute Gasteiger partial charge is 0.477 e. The molecule has 0 fully saturated rings. The Morgan fingerprint density at radius 2 is 2.22 bits per heavy atom. The van der Waals surface area contributed by atoms with Crippen LogP contribution in [0.25, 0.3) is 22.7 Å². The molecule has 3 N–H and O–H groups in total. The van der Waals surface area contributed by atoms with Gasteiger partial charge in [0.25, 0.3) is 0 Å². The summed E-state index contributed by atoms with van der Waals surface area (Å²) in [6.45, 7) is 0. The van der Waals surface area contributed by atoms with Crippen LogP contribution in [-0.4, -0.2) is 16.1 Å². The van der Waals surface area contributed by atoms with E-state index in [0.29, 0.717) is 5.35 Å². The van der Waals surface area contributed by atoms with Gasteiger partial charge in [0.15, 0.2) is 0 Å². The molecule has 4 nitrogen and oxygen atoms in total. The maximum Gasteiger partial charge on any atom is 0.354 e.